The van der Waals surface area contributed by atoms with Gasteiger partial charge in [-0.05, 0) is 26.0 Å². The molecule has 0 atom stereocenters. The first-order chi connectivity index (χ1) is 9.29. The van der Waals surface area contributed by atoms with Crippen LogP contribution in [0.5, 0.6) is 0 Å². The van der Waals surface area contributed by atoms with Crippen molar-refractivity contribution in [2.75, 3.05) is 32.7 Å². The predicted molar refractivity (Wildman–Crippen MR) is 84.7 cm³/mol. The molecule has 1 heterocycles. The Kier molecular flexibility index (Phi) is 4.79. The highest BCUT2D eigenvalue weighted by Gasteiger charge is 2.29. The molecule has 1 aliphatic heterocycles. The van der Waals surface area contributed by atoms with Gasteiger partial charge in [0.15, 0.2) is 0 Å². The lowest BCUT2D eigenvalue weighted by molar-refractivity contribution is 0.179. The van der Waals surface area contributed by atoms with Gasteiger partial charge in [-0.25, -0.2) is 8.42 Å². The summed E-state index contributed by atoms with van der Waals surface area (Å²) in [4.78, 5) is 2.65. The zero-order chi connectivity index (χ0) is 14.8. The lowest BCUT2D eigenvalue weighted by atomic mass is 10.2. The van der Waals surface area contributed by atoms with E-state index in [1.807, 2.05) is 6.07 Å². The maximum atomic E-state index is 12.5. The van der Waals surface area contributed by atoms with Crippen LogP contribution in [0, 0.1) is 0 Å². The molecule has 0 aromatic heterocycles. The van der Waals surface area contributed by atoms with Crippen LogP contribution < -0.4 is 0 Å². The summed E-state index contributed by atoms with van der Waals surface area (Å²) in [6.45, 7) is 7.62. The van der Waals surface area contributed by atoms with Crippen LogP contribution in [0.3, 0.4) is 0 Å². The summed E-state index contributed by atoms with van der Waals surface area (Å²) >= 11 is 4.53. The first kappa shape index (κ1) is 15.8. The highest BCUT2D eigenvalue weighted by Crippen LogP contribution is 2.19. The van der Waals surface area contributed by atoms with Gasteiger partial charge in [0.25, 0.3) is 0 Å². The highest BCUT2D eigenvalue weighted by atomic mass is 32.2. The van der Waals surface area contributed by atoms with E-state index in [0.717, 1.165) is 19.6 Å². The van der Waals surface area contributed by atoms with Crippen LogP contribution >= 0.6 is 12.6 Å². The van der Waals surface area contributed by atoms with Crippen molar-refractivity contribution < 1.29 is 8.42 Å². The van der Waals surface area contributed by atoms with E-state index >= 15 is 0 Å². The van der Waals surface area contributed by atoms with Gasteiger partial charge in [-0.1, -0.05) is 18.2 Å². The normalized spacial score (nSPS) is 19.1. The van der Waals surface area contributed by atoms with Gasteiger partial charge in [-0.15, -0.1) is 0 Å². The Morgan fingerprint density at radius 1 is 1.10 bits per heavy atom. The molecular formula is C14H22N2O2S2. The quantitative estimate of drug-likeness (QED) is 0.860. The van der Waals surface area contributed by atoms with Gasteiger partial charge >= 0.3 is 0 Å². The molecule has 0 radical (unpaired) electrons. The number of nitrogens with zero attached hydrogens (tertiary/aromatic N) is 2. The van der Waals surface area contributed by atoms with Crippen molar-refractivity contribution >= 4 is 22.7 Å². The fourth-order valence-electron chi connectivity index (χ4n) is 2.42. The number of hydrogen-bond donors (Lipinski definition) is 1. The molecule has 0 spiro atoms. The Morgan fingerprint density at radius 3 is 2.15 bits per heavy atom. The molecule has 1 aromatic rings. The molecule has 0 saturated carbocycles. The first-order valence-electron chi connectivity index (χ1n) is 6.79. The van der Waals surface area contributed by atoms with Crippen molar-refractivity contribution in [3.63, 3.8) is 0 Å². The van der Waals surface area contributed by atoms with Crippen molar-refractivity contribution in [1.82, 2.24) is 9.21 Å². The van der Waals surface area contributed by atoms with Gasteiger partial charge < -0.3 is 0 Å². The Balaban J connectivity index is 2.01. The standard InChI is InChI=1S/C14H22N2O2S2/c1-14(2,19)12-15-8-10-16(11-9-15)20(17,18)13-6-4-3-5-7-13/h3-7,19H,8-12H2,1-2H3. The summed E-state index contributed by atoms with van der Waals surface area (Å²) in [6.07, 6.45) is 0. The third kappa shape index (κ3) is 3.97. The molecule has 0 unspecified atom stereocenters. The lowest BCUT2D eigenvalue weighted by Crippen LogP contribution is -2.51. The number of sulfonamides is 1. The second kappa shape index (κ2) is 6.05. The summed E-state index contributed by atoms with van der Waals surface area (Å²) in [5.41, 5.74) is 0. The third-order valence-corrected chi connectivity index (χ3v) is 5.38. The number of hydrogen-bond acceptors (Lipinski definition) is 4. The van der Waals surface area contributed by atoms with Gasteiger partial charge in [0.05, 0.1) is 4.90 Å². The summed E-state index contributed by atoms with van der Waals surface area (Å²) in [5, 5.41) is 0. The zero-order valence-corrected chi connectivity index (χ0v) is 13.7. The molecule has 1 aromatic carbocycles. The Morgan fingerprint density at radius 2 is 1.65 bits per heavy atom. The number of rotatable bonds is 4. The summed E-state index contributed by atoms with van der Waals surface area (Å²) in [6, 6.07) is 8.64. The van der Waals surface area contributed by atoms with Gasteiger partial charge in [0, 0.05) is 37.5 Å². The van der Waals surface area contributed by atoms with Crippen molar-refractivity contribution in [2.24, 2.45) is 0 Å². The van der Waals surface area contributed by atoms with E-state index in [4.69, 9.17) is 0 Å². The molecule has 0 N–H and O–H groups in total. The smallest absolute Gasteiger partial charge is 0.243 e. The molecule has 0 aliphatic carbocycles. The Hall–Kier alpha value is -0.560. The zero-order valence-electron chi connectivity index (χ0n) is 12.0. The topological polar surface area (TPSA) is 40.6 Å². The molecule has 1 saturated heterocycles. The average molecular weight is 314 g/mol. The van der Waals surface area contributed by atoms with Crippen LogP contribution in [0.25, 0.3) is 0 Å². The van der Waals surface area contributed by atoms with E-state index in [-0.39, 0.29) is 4.75 Å². The monoisotopic (exact) mass is 314 g/mol. The van der Waals surface area contributed by atoms with E-state index < -0.39 is 10.0 Å². The molecule has 0 amide bonds. The van der Waals surface area contributed by atoms with Crippen molar-refractivity contribution in [3.05, 3.63) is 30.3 Å². The summed E-state index contributed by atoms with van der Waals surface area (Å²) < 4.78 is 26.5. The second-order valence-corrected chi connectivity index (χ2v) is 8.95. The van der Waals surface area contributed by atoms with E-state index in [2.05, 4.69) is 31.4 Å². The Bertz CT molecular complexity index is 530. The van der Waals surface area contributed by atoms with E-state index in [1.165, 1.54) is 0 Å². The van der Waals surface area contributed by atoms with Gasteiger partial charge in [0.1, 0.15) is 0 Å². The van der Waals surface area contributed by atoms with Crippen molar-refractivity contribution in [3.8, 4) is 0 Å². The Labute approximate surface area is 127 Å². The van der Waals surface area contributed by atoms with Gasteiger partial charge in [0.2, 0.25) is 10.0 Å². The van der Waals surface area contributed by atoms with Crippen LogP contribution in [0.2, 0.25) is 0 Å². The predicted octanol–water partition coefficient (Wildman–Crippen LogP) is 1.70. The molecular weight excluding hydrogens is 292 g/mol. The molecule has 0 bridgehead atoms. The summed E-state index contributed by atoms with van der Waals surface area (Å²) in [5.74, 6) is 0. The highest BCUT2D eigenvalue weighted by molar-refractivity contribution is 7.89. The van der Waals surface area contributed by atoms with Crippen LogP contribution in [0.4, 0.5) is 0 Å². The second-order valence-electron chi connectivity index (χ2n) is 5.81. The minimum absolute atomic E-state index is 0.0551. The van der Waals surface area contributed by atoms with E-state index in [1.54, 1.807) is 28.6 Å². The SMILES string of the molecule is CC(C)(S)CN1CCN(S(=O)(=O)c2ccccc2)CC1. The third-order valence-electron chi connectivity index (χ3n) is 3.32. The average Bonchev–Trinajstić information content (AvgIpc) is 2.38. The van der Waals surface area contributed by atoms with Crippen molar-refractivity contribution in [1.29, 1.82) is 0 Å². The largest absolute Gasteiger partial charge is 0.299 e. The molecule has 6 heteroatoms. The lowest BCUT2D eigenvalue weighted by Gasteiger charge is -2.36. The summed E-state index contributed by atoms with van der Waals surface area (Å²) in [7, 11) is -3.34. The van der Waals surface area contributed by atoms with Gasteiger partial charge in [-0.3, -0.25) is 4.90 Å². The molecule has 2 rings (SSSR count). The van der Waals surface area contributed by atoms with Crippen molar-refractivity contribution in [2.45, 2.75) is 23.5 Å². The fraction of sp³-hybridized carbons (Fsp3) is 0.571. The minimum Gasteiger partial charge on any atom is -0.299 e. The van der Waals surface area contributed by atoms with Crippen LogP contribution in [-0.4, -0.2) is 55.1 Å². The molecule has 4 nitrogen and oxygen atoms in total. The number of benzene rings is 1. The molecule has 1 aliphatic rings. The molecule has 112 valence electrons. The molecule has 20 heavy (non-hydrogen) atoms. The minimum atomic E-state index is -3.34. The van der Waals surface area contributed by atoms with E-state index in [9.17, 15) is 8.42 Å². The fourth-order valence-corrected chi connectivity index (χ4v) is 4.06. The number of piperazine rings is 1. The van der Waals surface area contributed by atoms with E-state index in [0.29, 0.717) is 18.0 Å². The van der Waals surface area contributed by atoms with Crippen LogP contribution in [0.1, 0.15) is 13.8 Å². The van der Waals surface area contributed by atoms with Crippen LogP contribution in [0.15, 0.2) is 35.2 Å². The van der Waals surface area contributed by atoms with Gasteiger partial charge in [-0.2, -0.15) is 16.9 Å². The number of thiol groups is 1. The van der Waals surface area contributed by atoms with Crippen LogP contribution in [-0.2, 0) is 10.0 Å². The maximum Gasteiger partial charge on any atom is 0.243 e. The maximum absolute atomic E-state index is 12.5. The molecule has 1 fully saturated rings. The first-order valence-corrected chi connectivity index (χ1v) is 8.68.